The quantitative estimate of drug-likeness (QED) is 0.211. The molecule has 0 aliphatic rings. The first-order chi connectivity index (χ1) is 17.6. The predicted molar refractivity (Wildman–Crippen MR) is 153 cm³/mol. The van der Waals surface area contributed by atoms with E-state index >= 15 is 0 Å². The van der Waals surface area contributed by atoms with Crippen LogP contribution in [0, 0.1) is 13.8 Å². The Kier molecular flexibility index (Phi) is 6.60. The highest BCUT2D eigenvalue weighted by Crippen LogP contribution is 2.44. The van der Waals surface area contributed by atoms with Crippen LogP contribution in [-0.4, -0.2) is 0 Å². The maximum absolute atomic E-state index is 6.54. The van der Waals surface area contributed by atoms with E-state index in [0.29, 0.717) is 13.2 Å². The lowest BCUT2D eigenvalue weighted by Gasteiger charge is -2.19. The van der Waals surface area contributed by atoms with E-state index in [1.807, 2.05) is 12.2 Å². The van der Waals surface area contributed by atoms with Crippen LogP contribution in [0.3, 0.4) is 0 Å². The van der Waals surface area contributed by atoms with Crippen LogP contribution >= 0.6 is 0 Å². The molecule has 0 unspecified atom stereocenters. The molecule has 0 aromatic heterocycles. The highest BCUT2D eigenvalue weighted by atomic mass is 16.5. The standard InChI is InChI=1S/C34H30O2/c1-5-25-11-15-27(16-12-25)21-35-33-29-9-7-8-10-30(29)34(32-20-24(4)23(3)19-31(32)33)36-22-28-17-13-26(6-2)14-18-28/h5-20H,1-2,21-22H2,3-4H3. The van der Waals surface area contributed by atoms with Crippen molar-refractivity contribution in [3.05, 3.63) is 131 Å². The second-order valence-electron chi connectivity index (χ2n) is 9.15. The number of hydrogen-bond donors (Lipinski definition) is 0. The fourth-order valence-electron chi connectivity index (χ4n) is 4.48. The number of hydrogen-bond acceptors (Lipinski definition) is 2. The minimum absolute atomic E-state index is 0.485. The van der Waals surface area contributed by atoms with Crippen LogP contribution in [0.2, 0.25) is 0 Å². The molecular weight excluding hydrogens is 440 g/mol. The molecule has 0 bridgehead atoms. The maximum atomic E-state index is 6.54. The summed E-state index contributed by atoms with van der Waals surface area (Å²) in [6, 6.07) is 29.4. The van der Waals surface area contributed by atoms with Gasteiger partial charge in [-0.05, 0) is 59.4 Å². The molecule has 0 aliphatic heterocycles. The summed E-state index contributed by atoms with van der Waals surface area (Å²) >= 11 is 0. The molecule has 36 heavy (non-hydrogen) atoms. The van der Waals surface area contributed by atoms with Crippen molar-refractivity contribution in [2.75, 3.05) is 0 Å². The Balaban J connectivity index is 1.59. The number of rotatable bonds is 8. The van der Waals surface area contributed by atoms with Gasteiger partial charge in [-0.2, -0.15) is 0 Å². The topological polar surface area (TPSA) is 18.5 Å². The average Bonchev–Trinajstić information content (AvgIpc) is 2.92. The first kappa shape index (κ1) is 23.4. The molecule has 0 saturated heterocycles. The molecule has 2 heteroatoms. The number of ether oxygens (including phenoxy) is 2. The Labute approximate surface area is 213 Å². The lowest BCUT2D eigenvalue weighted by Crippen LogP contribution is -2.01. The molecule has 5 rings (SSSR count). The van der Waals surface area contributed by atoms with E-state index in [4.69, 9.17) is 9.47 Å². The molecule has 0 radical (unpaired) electrons. The molecule has 2 nitrogen and oxygen atoms in total. The van der Waals surface area contributed by atoms with Crippen LogP contribution < -0.4 is 9.47 Å². The summed E-state index contributed by atoms with van der Waals surface area (Å²) in [6.07, 6.45) is 3.70. The van der Waals surface area contributed by atoms with Gasteiger partial charge in [-0.15, -0.1) is 0 Å². The summed E-state index contributed by atoms with van der Waals surface area (Å²) in [6.45, 7) is 12.9. The molecule has 5 aromatic rings. The van der Waals surface area contributed by atoms with E-state index in [1.165, 1.54) is 11.1 Å². The van der Waals surface area contributed by atoms with Crippen LogP contribution in [0.15, 0.2) is 98.1 Å². The van der Waals surface area contributed by atoms with E-state index in [1.54, 1.807) is 0 Å². The van der Waals surface area contributed by atoms with Gasteiger partial charge in [0.1, 0.15) is 24.7 Å². The van der Waals surface area contributed by atoms with Crippen LogP contribution in [0.1, 0.15) is 33.4 Å². The van der Waals surface area contributed by atoms with E-state index in [2.05, 4.69) is 112 Å². The van der Waals surface area contributed by atoms with Gasteiger partial charge in [0, 0.05) is 21.5 Å². The SMILES string of the molecule is C=Cc1ccc(COc2c3ccccc3c(OCc3ccc(C=C)cc3)c3cc(C)c(C)cc23)cc1. The van der Waals surface area contributed by atoms with Gasteiger partial charge in [-0.25, -0.2) is 0 Å². The third-order valence-electron chi connectivity index (χ3n) is 6.74. The Morgan fingerprint density at radius 3 is 1.31 bits per heavy atom. The van der Waals surface area contributed by atoms with Gasteiger partial charge >= 0.3 is 0 Å². The minimum Gasteiger partial charge on any atom is -0.488 e. The van der Waals surface area contributed by atoms with Gasteiger partial charge in [-0.1, -0.05) is 98.1 Å². The van der Waals surface area contributed by atoms with Gasteiger partial charge in [0.15, 0.2) is 0 Å². The zero-order valence-corrected chi connectivity index (χ0v) is 20.9. The van der Waals surface area contributed by atoms with Gasteiger partial charge in [0.25, 0.3) is 0 Å². The summed E-state index contributed by atoms with van der Waals surface area (Å²) < 4.78 is 13.1. The molecule has 0 spiro atoms. The van der Waals surface area contributed by atoms with Crippen LogP contribution in [0.25, 0.3) is 33.7 Å². The van der Waals surface area contributed by atoms with Crippen LogP contribution in [-0.2, 0) is 13.2 Å². The molecule has 0 heterocycles. The number of benzene rings is 5. The molecule has 5 aromatic carbocycles. The monoisotopic (exact) mass is 470 g/mol. The Bertz CT molecular complexity index is 1440. The summed E-state index contributed by atoms with van der Waals surface area (Å²) in [5.41, 5.74) is 6.88. The van der Waals surface area contributed by atoms with Gasteiger partial charge in [0.05, 0.1) is 0 Å². The van der Waals surface area contributed by atoms with E-state index in [0.717, 1.165) is 55.3 Å². The zero-order valence-electron chi connectivity index (χ0n) is 20.9. The highest BCUT2D eigenvalue weighted by Gasteiger charge is 2.17. The second-order valence-corrected chi connectivity index (χ2v) is 9.15. The largest absolute Gasteiger partial charge is 0.488 e. The van der Waals surface area contributed by atoms with Crippen molar-refractivity contribution in [3.63, 3.8) is 0 Å². The van der Waals surface area contributed by atoms with Gasteiger partial charge in [-0.3, -0.25) is 0 Å². The fraction of sp³-hybridized carbons (Fsp3) is 0.118. The molecule has 0 aliphatic carbocycles. The maximum Gasteiger partial charge on any atom is 0.135 e. The Morgan fingerprint density at radius 1 is 0.556 bits per heavy atom. The number of aryl methyl sites for hydroxylation is 2. The molecule has 0 saturated carbocycles. The van der Waals surface area contributed by atoms with Crippen molar-refractivity contribution in [2.45, 2.75) is 27.1 Å². The lowest BCUT2D eigenvalue weighted by atomic mass is 9.96. The summed E-state index contributed by atoms with van der Waals surface area (Å²) in [4.78, 5) is 0. The van der Waals surface area contributed by atoms with E-state index < -0.39 is 0 Å². The smallest absolute Gasteiger partial charge is 0.135 e. The van der Waals surface area contributed by atoms with Crippen LogP contribution in [0.4, 0.5) is 0 Å². The van der Waals surface area contributed by atoms with Crippen molar-refractivity contribution in [2.24, 2.45) is 0 Å². The zero-order chi connectivity index (χ0) is 25.1. The van der Waals surface area contributed by atoms with Gasteiger partial charge < -0.3 is 9.47 Å². The van der Waals surface area contributed by atoms with E-state index in [9.17, 15) is 0 Å². The summed E-state index contributed by atoms with van der Waals surface area (Å²) in [5.74, 6) is 1.78. The number of fused-ring (bicyclic) bond motifs is 2. The van der Waals surface area contributed by atoms with Crippen molar-refractivity contribution >= 4 is 33.7 Å². The molecule has 0 fully saturated rings. The molecule has 0 N–H and O–H groups in total. The fourth-order valence-corrected chi connectivity index (χ4v) is 4.48. The molecule has 178 valence electrons. The van der Waals surface area contributed by atoms with Crippen molar-refractivity contribution in [3.8, 4) is 11.5 Å². The highest BCUT2D eigenvalue weighted by molar-refractivity contribution is 6.11. The predicted octanol–water partition coefficient (Wildman–Crippen LogP) is 9.05. The van der Waals surface area contributed by atoms with Crippen molar-refractivity contribution in [1.82, 2.24) is 0 Å². The second kappa shape index (κ2) is 10.1. The van der Waals surface area contributed by atoms with Gasteiger partial charge in [0.2, 0.25) is 0 Å². The Morgan fingerprint density at radius 2 is 0.944 bits per heavy atom. The molecule has 0 atom stereocenters. The van der Waals surface area contributed by atoms with Crippen molar-refractivity contribution in [1.29, 1.82) is 0 Å². The Hall–Kier alpha value is -4.30. The minimum atomic E-state index is 0.485. The van der Waals surface area contributed by atoms with Crippen molar-refractivity contribution < 1.29 is 9.47 Å². The van der Waals surface area contributed by atoms with E-state index in [-0.39, 0.29) is 0 Å². The first-order valence-corrected chi connectivity index (χ1v) is 12.2. The first-order valence-electron chi connectivity index (χ1n) is 12.2. The third kappa shape index (κ3) is 4.63. The molecule has 0 amide bonds. The third-order valence-corrected chi connectivity index (χ3v) is 6.74. The normalized spacial score (nSPS) is 10.9. The van der Waals surface area contributed by atoms with Crippen LogP contribution in [0.5, 0.6) is 11.5 Å². The summed E-state index contributed by atoms with van der Waals surface area (Å²) in [7, 11) is 0. The molecular formula is C34H30O2. The average molecular weight is 471 g/mol. The summed E-state index contributed by atoms with van der Waals surface area (Å²) in [5, 5.41) is 4.23. The lowest BCUT2D eigenvalue weighted by molar-refractivity contribution is 0.308.